The predicted octanol–water partition coefficient (Wildman–Crippen LogP) is 0.761. The summed E-state index contributed by atoms with van der Waals surface area (Å²) >= 11 is 0. The van der Waals surface area contributed by atoms with Crippen LogP contribution in [0, 0.1) is 6.92 Å². The zero-order valence-corrected chi connectivity index (χ0v) is 13.0. The number of aromatic nitrogens is 4. The van der Waals surface area contributed by atoms with E-state index in [1.54, 1.807) is 13.0 Å². The summed E-state index contributed by atoms with van der Waals surface area (Å²) in [6, 6.07) is 3.17. The first-order valence-corrected chi connectivity index (χ1v) is 7.91. The Kier molecular flexibility index (Phi) is 4.53. The van der Waals surface area contributed by atoms with Gasteiger partial charge in [0.2, 0.25) is 10.0 Å². The standard InChI is InChI=1S/C12H18N6O2S/c1-4-13-11-6-5-10(7-14-11)21(19,20)18(3)8-12-15-9(2)16-17-12/h5-7H,4,8H2,1-3H3,(H,13,14)(H,15,16,17). The molecule has 2 rings (SSSR count). The molecule has 0 aliphatic rings. The molecule has 2 N–H and O–H groups in total. The monoisotopic (exact) mass is 310 g/mol. The molecule has 0 radical (unpaired) electrons. The van der Waals surface area contributed by atoms with Crippen molar-refractivity contribution in [1.82, 2.24) is 24.5 Å². The van der Waals surface area contributed by atoms with Gasteiger partial charge in [0.05, 0.1) is 6.54 Å². The van der Waals surface area contributed by atoms with Gasteiger partial charge in [-0.2, -0.15) is 9.40 Å². The number of pyridine rings is 1. The maximum Gasteiger partial charge on any atom is 0.244 e. The van der Waals surface area contributed by atoms with Crippen molar-refractivity contribution in [1.29, 1.82) is 0 Å². The SMILES string of the molecule is CCNc1ccc(S(=O)(=O)N(C)Cc2n[nH]c(C)n2)cn1. The van der Waals surface area contributed by atoms with Gasteiger partial charge >= 0.3 is 0 Å². The molecule has 0 saturated heterocycles. The first-order valence-electron chi connectivity index (χ1n) is 6.47. The van der Waals surface area contributed by atoms with Crippen LogP contribution >= 0.6 is 0 Å². The summed E-state index contributed by atoms with van der Waals surface area (Å²) in [4.78, 5) is 8.31. The molecule has 0 atom stereocenters. The van der Waals surface area contributed by atoms with Gasteiger partial charge in [-0.15, -0.1) is 0 Å². The van der Waals surface area contributed by atoms with Crippen molar-refractivity contribution in [2.75, 3.05) is 18.9 Å². The Labute approximate surface area is 123 Å². The maximum atomic E-state index is 12.4. The summed E-state index contributed by atoms with van der Waals surface area (Å²) < 4.78 is 26.0. The zero-order valence-electron chi connectivity index (χ0n) is 12.2. The van der Waals surface area contributed by atoms with Crippen molar-refractivity contribution < 1.29 is 8.42 Å². The van der Waals surface area contributed by atoms with Gasteiger partial charge in [0.15, 0.2) is 5.82 Å². The van der Waals surface area contributed by atoms with Gasteiger partial charge in [-0.05, 0) is 26.0 Å². The Bertz CT molecular complexity index is 695. The third-order valence-corrected chi connectivity index (χ3v) is 4.60. The minimum atomic E-state index is -3.61. The van der Waals surface area contributed by atoms with Crippen molar-refractivity contribution >= 4 is 15.8 Å². The zero-order chi connectivity index (χ0) is 15.5. The Hall–Kier alpha value is -2.00. The fourth-order valence-electron chi connectivity index (χ4n) is 1.74. The molecular formula is C12H18N6O2S. The van der Waals surface area contributed by atoms with Crippen LogP contribution in [0.3, 0.4) is 0 Å². The largest absolute Gasteiger partial charge is 0.370 e. The van der Waals surface area contributed by atoms with E-state index in [9.17, 15) is 8.42 Å². The summed E-state index contributed by atoms with van der Waals surface area (Å²) in [7, 11) is -2.13. The molecule has 0 unspecified atom stereocenters. The van der Waals surface area contributed by atoms with E-state index in [1.807, 2.05) is 6.92 Å². The highest BCUT2D eigenvalue weighted by molar-refractivity contribution is 7.89. The van der Waals surface area contributed by atoms with E-state index in [0.29, 0.717) is 17.5 Å². The lowest BCUT2D eigenvalue weighted by Gasteiger charge is -2.15. The van der Waals surface area contributed by atoms with Gasteiger partial charge in [0.25, 0.3) is 0 Å². The Morgan fingerprint density at radius 3 is 2.67 bits per heavy atom. The minimum absolute atomic E-state index is 0.0988. The lowest BCUT2D eigenvalue weighted by molar-refractivity contribution is 0.457. The number of hydrogen-bond acceptors (Lipinski definition) is 6. The summed E-state index contributed by atoms with van der Waals surface area (Å²) in [6.07, 6.45) is 1.34. The number of nitrogens with zero attached hydrogens (tertiary/aromatic N) is 4. The highest BCUT2D eigenvalue weighted by Gasteiger charge is 2.22. The first kappa shape index (κ1) is 15.4. The van der Waals surface area contributed by atoms with Crippen molar-refractivity contribution in [2.45, 2.75) is 25.3 Å². The molecule has 2 aromatic heterocycles. The van der Waals surface area contributed by atoms with Crippen LogP contribution in [0.4, 0.5) is 5.82 Å². The van der Waals surface area contributed by atoms with Gasteiger partial charge < -0.3 is 5.32 Å². The summed E-state index contributed by atoms with van der Waals surface area (Å²) in [5, 5.41) is 9.63. The van der Waals surface area contributed by atoms with E-state index in [4.69, 9.17) is 0 Å². The minimum Gasteiger partial charge on any atom is -0.370 e. The van der Waals surface area contributed by atoms with Gasteiger partial charge in [-0.3, -0.25) is 5.10 Å². The fraction of sp³-hybridized carbons (Fsp3) is 0.417. The molecule has 0 fully saturated rings. The van der Waals surface area contributed by atoms with E-state index < -0.39 is 10.0 Å². The molecule has 0 aromatic carbocycles. The predicted molar refractivity (Wildman–Crippen MR) is 78.2 cm³/mol. The third kappa shape index (κ3) is 3.56. The van der Waals surface area contributed by atoms with Gasteiger partial charge in [0.1, 0.15) is 16.5 Å². The number of nitrogens with one attached hydrogen (secondary N) is 2. The number of aryl methyl sites for hydroxylation is 1. The Morgan fingerprint density at radius 1 is 1.38 bits per heavy atom. The lowest BCUT2D eigenvalue weighted by Crippen LogP contribution is -2.27. The molecular weight excluding hydrogens is 292 g/mol. The average molecular weight is 310 g/mol. The summed E-state index contributed by atoms with van der Waals surface area (Å²) in [5.41, 5.74) is 0. The molecule has 0 spiro atoms. The average Bonchev–Trinajstić information content (AvgIpc) is 2.85. The van der Waals surface area contributed by atoms with E-state index in [1.165, 1.54) is 23.6 Å². The molecule has 0 bridgehead atoms. The molecule has 8 nitrogen and oxygen atoms in total. The molecule has 21 heavy (non-hydrogen) atoms. The van der Waals surface area contributed by atoms with E-state index in [-0.39, 0.29) is 11.4 Å². The van der Waals surface area contributed by atoms with Crippen LogP contribution < -0.4 is 5.32 Å². The Balaban J connectivity index is 2.16. The van der Waals surface area contributed by atoms with Crippen LogP contribution in [0.1, 0.15) is 18.6 Å². The number of aromatic amines is 1. The molecule has 2 heterocycles. The van der Waals surface area contributed by atoms with Crippen LogP contribution in [0.25, 0.3) is 0 Å². The molecule has 2 aromatic rings. The highest BCUT2D eigenvalue weighted by atomic mass is 32.2. The summed E-state index contributed by atoms with van der Waals surface area (Å²) in [6.45, 7) is 4.53. The number of rotatable bonds is 6. The lowest BCUT2D eigenvalue weighted by atomic mass is 10.4. The van der Waals surface area contributed by atoms with E-state index in [2.05, 4.69) is 25.5 Å². The molecule has 9 heteroatoms. The normalized spacial score (nSPS) is 11.8. The van der Waals surface area contributed by atoms with Crippen molar-refractivity contribution in [3.63, 3.8) is 0 Å². The van der Waals surface area contributed by atoms with E-state index >= 15 is 0 Å². The molecule has 0 aliphatic carbocycles. The highest BCUT2D eigenvalue weighted by Crippen LogP contribution is 2.16. The second-order valence-corrected chi connectivity index (χ2v) is 6.55. The van der Waals surface area contributed by atoms with Crippen LogP contribution in [0.5, 0.6) is 0 Å². The number of sulfonamides is 1. The smallest absolute Gasteiger partial charge is 0.244 e. The third-order valence-electron chi connectivity index (χ3n) is 2.81. The van der Waals surface area contributed by atoms with Crippen LogP contribution in [-0.2, 0) is 16.6 Å². The van der Waals surface area contributed by atoms with Crippen LogP contribution in [-0.4, -0.2) is 46.5 Å². The van der Waals surface area contributed by atoms with Gasteiger partial charge in [0, 0.05) is 19.8 Å². The van der Waals surface area contributed by atoms with Crippen LogP contribution in [0.15, 0.2) is 23.2 Å². The number of H-pyrrole nitrogens is 1. The van der Waals surface area contributed by atoms with Gasteiger partial charge in [-0.25, -0.2) is 18.4 Å². The second kappa shape index (κ2) is 6.19. The second-order valence-electron chi connectivity index (χ2n) is 4.51. The number of hydrogen-bond donors (Lipinski definition) is 2. The van der Waals surface area contributed by atoms with Crippen molar-refractivity contribution in [3.8, 4) is 0 Å². The molecule has 114 valence electrons. The first-order chi connectivity index (χ1) is 9.93. The molecule has 0 aliphatic heterocycles. The summed E-state index contributed by atoms with van der Waals surface area (Å²) in [5.74, 6) is 1.71. The molecule has 0 saturated carbocycles. The van der Waals surface area contributed by atoms with Gasteiger partial charge in [-0.1, -0.05) is 0 Å². The topological polar surface area (TPSA) is 104 Å². The van der Waals surface area contributed by atoms with E-state index in [0.717, 1.165) is 6.54 Å². The van der Waals surface area contributed by atoms with Crippen LogP contribution in [0.2, 0.25) is 0 Å². The number of anilines is 1. The van der Waals surface area contributed by atoms with Crippen molar-refractivity contribution in [3.05, 3.63) is 30.0 Å². The quantitative estimate of drug-likeness (QED) is 0.816. The maximum absolute atomic E-state index is 12.4. The molecule has 0 amide bonds. The Morgan fingerprint density at radius 2 is 2.14 bits per heavy atom. The van der Waals surface area contributed by atoms with Crippen molar-refractivity contribution in [2.24, 2.45) is 0 Å². The fourth-order valence-corrected chi connectivity index (χ4v) is 2.81.